The SMILES string of the molecule is Cc1cnc(-c2nc(C)cc(CN)n2)c(C)c1. The number of aromatic nitrogens is 3. The smallest absolute Gasteiger partial charge is 0.178 e. The number of pyridine rings is 1. The van der Waals surface area contributed by atoms with Crippen LogP contribution in [0.1, 0.15) is 22.5 Å². The van der Waals surface area contributed by atoms with E-state index < -0.39 is 0 Å². The van der Waals surface area contributed by atoms with Crippen molar-refractivity contribution >= 4 is 0 Å². The Morgan fingerprint density at radius 1 is 1.12 bits per heavy atom. The molecular formula is C13H16N4. The Labute approximate surface area is 101 Å². The molecule has 4 heteroatoms. The number of aryl methyl sites for hydroxylation is 3. The van der Waals surface area contributed by atoms with Crippen molar-refractivity contribution in [2.24, 2.45) is 5.73 Å². The van der Waals surface area contributed by atoms with E-state index in [0.717, 1.165) is 28.2 Å². The fourth-order valence-corrected chi connectivity index (χ4v) is 1.79. The predicted octanol–water partition coefficient (Wildman–Crippen LogP) is 1.92. The van der Waals surface area contributed by atoms with Gasteiger partial charge >= 0.3 is 0 Å². The zero-order valence-electron chi connectivity index (χ0n) is 10.4. The van der Waals surface area contributed by atoms with Crippen LogP contribution in [-0.4, -0.2) is 15.0 Å². The van der Waals surface area contributed by atoms with Crippen molar-refractivity contribution in [1.29, 1.82) is 0 Å². The standard InChI is InChI=1S/C13H16N4/c1-8-4-9(2)12(15-7-8)13-16-10(3)5-11(6-14)17-13/h4-5,7H,6,14H2,1-3H3. The van der Waals surface area contributed by atoms with Crippen molar-refractivity contribution in [1.82, 2.24) is 15.0 Å². The molecule has 0 bridgehead atoms. The molecule has 0 unspecified atom stereocenters. The molecule has 0 atom stereocenters. The molecule has 2 aromatic rings. The number of rotatable bonds is 2. The van der Waals surface area contributed by atoms with Gasteiger partial charge in [0, 0.05) is 18.4 Å². The monoisotopic (exact) mass is 228 g/mol. The minimum Gasteiger partial charge on any atom is -0.325 e. The summed E-state index contributed by atoms with van der Waals surface area (Å²) in [5.74, 6) is 0.656. The summed E-state index contributed by atoms with van der Waals surface area (Å²) in [7, 11) is 0. The summed E-state index contributed by atoms with van der Waals surface area (Å²) in [4.78, 5) is 13.2. The third kappa shape index (κ3) is 2.47. The van der Waals surface area contributed by atoms with E-state index in [9.17, 15) is 0 Å². The molecule has 0 saturated heterocycles. The molecule has 4 nitrogen and oxygen atoms in total. The van der Waals surface area contributed by atoms with Crippen LogP contribution in [-0.2, 0) is 6.54 Å². The number of hydrogen-bond acceptors (Lipinski definition) is 4. The zero-order valence-corrected chi connectivity index (χ0v) is 10.4. The van der Waals surface area contributed by atoms with Gasteiger partial charge in [0.15, 0.2) is 5.82 Å². The first kappa shape index (κ1) is 11.7. The van der Waals surface area contributed by atoms with Crippen LogP contribution in [0.15, 0.2) is 18.3 Å². The quantitative estimate of drug-likeness (QED) is 0.853. The van der Waals surface area contributed by atoms with Crippen molar-refractivity contribution in [3.05, 3.63) is 40.8 Å². The largest absolute Gasteiger partial charge is 0.325 e. The molecule has 0 aliphatic rings. The Balaban J connectivity index is 2.55. The van der Waals surface area contributed by atoms with Gasteiger partial charge in [-0.3, -0.25) is 4.98 Å². The van der Waals surface area contributed by atoms with Crippen molar-refractivity contribution in [3.63, 3.8) is 0 Å². The molecule has 0 aromatic carbocycles. The van der Waals surface area contributed by atoms with E-state index in [2.05, 4.69) is 21.0 Å². The highest BCUT2D eigenvalue weighted by Crippen LogP contribution is 2.18. The molecule has 0 spiro atoms. The molecule has 0 saturated carbocycles. The summed E-state index contributed by atoms with van der Waals surface area (Å²) in [6, 6.07) is 3.98. The molecule has 0 aliphatic heterocycles. The summed E-state index contributed by atoms with van der Waals surface area (Å²) in [6.45, 7) is 6.39. The van der Waals surface area contributed by atoms with Crippen LogP contribution >= 0.6 is 0 Å². The van der Waals surface area contributed by atoms with E-state index in [-0.39, 0.29) is 0 Å². The molecule has 0 radical (unpaired) electrons. The Morgan fingerprint density at radius 3 is 2.53 bits per heavy atom. The molecule has 2 heterocycles. The third-order valence-electron chi connectivity index (χ3n) is 2.54. The van der Waals surface area contributed by atoms with Gasteiger partial charge in [0.25, 0.3) is 0 Å². The summed E-state index contributed by atoms with van der Waals surface area (Å²) in [6.07, 6.45) is 1.83. The van der Waals surface area contributed by atoms with Crippen molar-refractivity contribution in [2.45, 2.75) is 27.3 Å². The summed E-state index contributed by atoms with van der Waals surface area (Å²) >= 11 is 0. The van der Waals surface area contributed by atoms with E-state index in [0.29, 0.717) is 12.4 Å². The molecule has 88 valence electrons. The fraction of sp³-hybridized carbons (Fsp3) is 0.308. The van der Waals surface area contributed by atoms with Crippen LogP contribution in [0.25, 0.3) is 11.5 Å². The normalized spacial score (nSPS) is 10.6. The van der Waals surface area contributed by atoms with Gasteiger partial charge < -0.3 is 5.73 Å². The topological polar surface area (TPSA) is 64.7 Å². The second-order valence-corrected chi connectivity index (χ2v) is 4.21. The van der Waals surface area contributed by atoms with Crippen molar-refractivity contribution < 1.29 is 0 Å². The molecule has 17 heavy (non-hydrogen) atoms. The Kier molecular flexibility index (Phi) is 3.15. The van der Waals surface area contributed by atoms with Crippen LogP contribution in [0, 0.1) is 20.8 Å². The average Bonchev–Trinajstić information content (AvgIpc) is 2.28. The van der Waals surface area contributed by atoms with Gasteiger partial charge in [-0.05, 0) is 38.0 Å². The highest BCUT2D eigenvalue weighted by molar-refractivity contribution is 5.55. The second kappa shape index (κ2) is 4.59. The van der Waals surface area contributed by atoms with Gasteiger partial charge in [0.1, 0.15) is 5.69 Å². The van der Waals surface area contributed by atoms with E-state index in [1.165, 1.54) is 0 Å². The van der Waals surface area contributed by atoms with Crippen LogP contribution in [0.2, 0.25) is 0 Å². The van der Waals surface area contributed by atoms with E-state index in [1.807, 2.05) is 33.0 Å². The van der Waals surface area contributed by atoms with Crippen LogP contribution < -0.4 is 5.73 Å². The molecule has 0 fully saturated rings. The van der Waals surface area contributed by atoms with Gasteiger partial charge in [0.05, 0.1) is 5.69 Å². The first-order chi connectivity index (χ1) is 8.10. The molecule has 0 amide bonds. The molecule has 2 N–H and O–H groups in total. The Bertz CT molecular complexity index is 549. The Morgan fingerprint density at radius 2 is 1.88 bits per heavy atom. The second-order valence-electron chi connectivity index (χ2n) is 4.21. The number of nitrogens with zero attached hydrogens (tertiary/aromatic N) is 3. The average molecular weight is 228 g/mol. The summed E-state index contributed by atoms with van der Waals surface area (Å²) in [5.41, 5.74) is 10.4. The van der Waals surface area contributed by atoms with Crippen molar-refractivity contribution in [3.8, 4) is 11.5 Å². The van der Waals surface area contributed by atoms with E-state index in [1.54, 1.807) is 0 Å². The maximum absolute atomic E-state index is 5.62. The lowest BCUT2D eigenvalue weighted by Gasteiger charge is -2.07. The minimum atomic E-state index is 0.418. The van der Waals surface area contributed by atoms with Gasteiger partial charge in [-0.15, -0.1) is 0 Å². The maximum Gasteiger partial charge on any atom is 0.178 e. The van der Waals surface area contributed by atoms with Gasteiger partial charge in [-0.1, -0.05) is 6.07 Å². The summed E-state index contributed by atoms with van der Waals surface area (Å²) in [5, 5.41) is 0. The van der Waals surface area contributed by atoms with Crippen LogP contribution in [0.4, 0.5) is 0 Å². The molecular weight excluding hydrogens is 212 g/mol. The van der Waals surface area contributed by atoms with Gasteiger partial charge in [-0.2, -0.15) is 0 Å². The van der Waals surface area contributed by atoms with Crippen LogP contribution in [0.3, 0.4) is 0 Å². The molecule has 2 rings (SSSR count). The zero-order chi connectivity index (χ0) is 12.4. The highest BCUT2D eigenvalue weighted by Gasteiger charge is 2.08. The fourth-order valence-electron chi connectivity index (χ4n) is 1.79. The Hall–Kier alpha value is -1.81. The van der Waals surface area contributed by atoms with E-state index >= 15 is 0 Å². The van der Waals surface area contributed by atoms with Crippen LogP contribution in [0.5, 0.6) is 0 Å². The first-order valence-corrected chi connectivity index (χ1v) is 5.58. The lowest BCUT2D eigenvalue weighted by Crippen LogP contribution is -2.04. The maximum atomic E-state index is 5.62. The predicted molar refractivity (Wildman–Crippen MR) is 67.4 cm³/mol. The number of nitrogens with two attached hydrogens (primary N) is 1. The van der Waals surface area contributed by atoms with E-state index in [4.69, 9.17) is 5.73 Å². The summed E-state index contributed by atoms with van der Waals surface area (Å²) < 4.78 is 0. The van der Waals surface area contributed by atoms with Crippen molar-refractivity contribution in [2.75, 3.05) is 0 Å². The minimum absolute atomic E-state index is 0.418. The van der Waals surface area contributed by atoms with Gasteiger partial charge in [0.2, 0.25) is 0 Å². The lowest BCUT2D eigenvalue weighted by atomic mass is 10.1. The number of hydrogen-bond donors (Lipinski definition) is 1. The van der Waals surface area contributed by atoms with Gasteiger partial charge in [-0.25, -0.2) is 9.97 Å². The first-order valence-electron chi connectivity index (χ1n) is 5.58. The highest BCUT2D eigenvalue weighted by atomic mass is 14.9. The third-order valence-corrected chi connectivity index (χ3v) is 2.54. The molecule has 2 aromatic heterocycles. The molecule has 0 aliphatic carbocycles. The lowest BCUT2D eigenvalue weighted by molar-refractivity contribution is 0.946.